The average molecular weight is 508 g/mol. The third-order valence-electron chi connectivity index (χ3n) is 8.04. The second-order valence-electron chi connectivity index (χ2n) is 10.2. The maximum atomic E-state index is 11.9. The molecule has 2 aromatic rings. The molecule has 196 valence electrons. The van der Waals surface area contributed by atoms with E-state index in [1.165, 1.54) is 11.1 Å². The third kappa shape index (κ3) is 4.28. The van der Waals surface area contributed by atoms with Crippen molar-refractivity contribution in [3.05, 3.63) is 70.8 Å². The lowest BCUT2D eigenvalue weighted by atomic mass is 9.53. The van der Waals surface area contributed by atoms with E-state index in [4.69, 9.17) is 24.1 Å². The number of nitrogens with zero attached hydrogens (tertiary/aromatic N) is 1. The number of likely N-dealkylation sites (tertiary alicyclic amines) is 1. The van der Waals surface area contributed by atoms with Gasteiger partial charge < -0.3 is 29.3 Å². The molecule has 1 saturated heterocycles. The van der Waals surface area contributed by atoms with Crippen LogP contribution >= 0.6 is 0 Å². The van der Waals surface area contributed by atoms with Gasteiger partial charge in [0.15, 0.2) is 11.5 Å². The van der Waals surface area contributed by atoms with E-state index in [1.807, 2.05) is 12.1 Å². The molecule has 1 fully saturated rings. The van der Waals surface area contributed by atoms with Gasteiger partial charge in [0.1, 0.15) is 12.2 Å². The van der Waals surface area contributed by atoms with Crippen LogP contribution in [0.3, 0.4) is 0 Å². The topological polar surface area (TPSA) is 106 Å². The standard InChI is InChI=1S/C27H29NO5.C2H4O2/c1-3-31-26(30)17-6-4-16(5-7-17)15-32-22-11-9-19-20-14-18-8-10-21(29)24-23(18)27(19,25(22)33-24)12-13-28(20)2;1-2(3)4/h4-11,19-20,22,25,29H,3,12-15H2,1-2H3;1H3,(H,3,4)/t19-,20+,22-,25-,27-;/m0./s1. The zero-order valence-corrected chi connectivity index (χ0v) is 21.3. The van der Waals surface area contributed by atoms with Gasteiger partial charge in [-0.15, -0.1) is 0 Å². The molecular weight excluding hydrogens is 474 g/mol. The summed E-state index contributed by atoms with van der Waals surface area (Å²) in [7, 11) is 2.21. The Hall–Kier alpha value is -3.36. The minimum atomic E-state index is -0.833. The lowest BCUT2D eigenvalue weighted by molar-refractivity contribution is -0.134. The number of aliphatic carboxylic acids is 1. The highest BCUT2D eigenvalue weighted by Gasteiger charge is 2.64. The molecule has 2 bridgehead atoms. The minimum Gasteiger partial charge on any atom is -0.504 e. The molecule has 8 heteroatoms. The predicted octanol–water partition coefficient (Wildman–Crippen LogP) is 3.69. The van der Waals surface area contributed by atoms with E-state index in [-0.39, 0.29) is 29.3 Å². The molecule has 0 aromatic heterocycles. The van der Waals surface area contributed by atoms with Gasteiger partial charge in [0.05, 0.1) is 18.8 Å². The van der Waals surface area contributed by atoms with Gasteiger partial charge >= 0.3 is 5.97 Å². The van der Waals surface area contributed by atoms with Crippen molar-refractivity contribution in [1.82, 2.24) is 4.90 Å². The smallest absolute Gasteiger partial charge is 0.338 e. The number of carbonyl (C=O) groups excluding carboxylic acids is 1. The molecule has 2 aromatic carbocycles. The number of likely N-dealkylation sites (N-methyl/N-ethyl adjacent to an activating group) is 1. The number of rotatable bonds is 5. The van der Waals surface area contributed by atoms with Gasteiger partial charge in [-0.3, -0.25) is 4.79 Å². The first-order valence-corrected chi connectivity index (χ1v) is 12.7. The molecule has 37 heavy (non-hydrogen) atoms. The number of esters is 1. The summed E-state index contributed by atoms with van der Waals surface area (Å²) in [6.45, 7) is 4.66. The Morgan fingerprint density at radius 3 is 2.59 bits per heavy atom. The van der Waals surface area contributed by atoms with Crippen LogP contribution in [0, 0.1) is 5.92 Å². The first-order valence-electron chi connectivity index (χ1n) is 12.7. The van der Waals surface area contributed by atoms with E-state index in [2.05, 4.69) is 30.2 Å². The fourth-order valence-electron chi connectivity index (χ4n) is 6.51. The molecule has 8 nitrogen and oxygen atoms in total. The molecule has 2 aliphatic carbocycles. The van der Waals surface area contributed by atoms with E-state index in [0.717, 1.165) is 31.9 Å². The second-order valence-corrected chi connectivity index (χ2v) is 10.2. The van der Waals surface area contributed by atoms with E-state index in [1.54, 1.807) is 25.1 Å². The molecule has 0 unspecified atom stereocenters. The lowest BCUT2D eigenvalue weighted by Gasteiger charge is -2.56. The van der Waals surface area contributed by atoms with Crippen molar-refractivity contribution >= 4 is 11.9 Å². The number of phenols is 1. The number of piperidine rings is 1. The number of hydrogen-bond acceptors (Lipinski definition) is 7. The van der Waals surface area contributed by atoms with Gasteiger partial charge in [0, 0.05) is 29.9 Å². The average Bonchev–Trinajstić information content (AvgIpc) is 3.22. The zero-order valence-electron chi connectivity index (χ0n) is 21.3. The number of aromatic hydroxyl groups is 1. The fraction of sp³-hybridized carbons (Fsp3) is 0.448. The Labute approximate surface area is 216 Å². The van der Waals surface area contributed by atoms with Crippen LogP contribution in [0.1, 0.15) is 47.3 Å². The maximum Gasteiger partial charge on any atom is 0.338 e. The Bertz CT molecular complexity index is 1220. The molecule has 1 spiro atoms. The summed E-state index contributed by atoms with van der Waals surface area (Å²) in [6.07, 6.45) is 6.07. The number of carboxylic acids is 1. The minimum absolute atomic E-state index is 0.161. The lowest BCUT2D eigenvalue weighted by Crippen LogP contribution is -2.65. The van der Waals surface area contributed by atoms with E-state index >= 15 is 0 Å². The zero-order chi connectivity index (χ0) is 26.3. The van der Waals surface area contributed by atoms with Crippen LogP contribution in [0.25, 0.3) is 0 Å². The van der Waals surface area contributed by atoms with E-state index < -0.39 is 5.97 Å². The van der Waals surface area contributed by atoms with Crippen molar-refractivity contribution in [1.29, 1.82) is 0 Å². The van der Waals surface area contributed by atoms with E-state index in [0.29, 0.717) is 36.5 Å². The van der Waals surface area contributed by atoms with Crippen LogP contribution in [0.2, 0.25) is 0 Å². The number of ether oxygens (including phenoxy) is 3. The van der Waals surface area contributed by atoms with Crippen molar-refractivity contribution < 1.29 is 34.0 Å². The SMILES string of the molecule is CC(=O)O.CCOC(=O)c1ccc(CO[C@H]2C=C[C@H]3[C@H]4Cc5ccc(O)c6c5[C@@]3(CCN4C)[C@H]2O6)cc1. The van der Waals surface area contributed by atoms with Crippen molar-refractivity contribution in [2.75, 3.05) is 20.2 Å². The Balaban J connectivity index is 0.000000655. The Morgan fingerprint density at radius 2 is 1.89 bits per heavy atom. The fourth-order valence-corrected chi connectivity index (χ4v) is 6.51. The monoisotopic (exact) mass is 507 g/mol. The summed E-state index contributed by atoms with van der Waals surface area (Å²) in [4.78, 5) is 23.4. The van der Waals surface area contributed by atoms with Crippen molar-refractivity contribution in [3.8, 4) is 11.5 Å². The Morgan fingerprint density at radius 1 is 1.16 bits per heavy atom. The van der Waals surface area contributed by atoms with Crippen molar-refractivity contribution in [3.63, 3.8) is 0 Å². The second kappa shape index (κ2) is 9.84. The number of carbonyl (C=O) groups is 2. The quantitative estimate of drug-likeness (QED) is 0.466. The summed E-state index contributed by atoms with van der Waals surface area (Å²) in [6, 6.07) is 11.6. The first kappa shape index (κ1) is 25.3. The Kier molecular flexibility index (Phi) is 6.72. The largest absolute Gasteiger partial charge is 0.504 e. The van der Waals surface area contributed by atoms with Crippen LogP contribution in [-0.2, 0) is 32.7 Å². The highest BCUT2D eigenvalue weighted by atomic mass is 16.6. The van der Waals surface area contributed by atoms with Gasteiger partial charge in [-0.05, 0) is 62.7 Å². The van der Waals surface area contributed by atoms with Crippen molar-refractivity contribution in [2.24, 2.45) is 5.92 Å². The van der Waals surface area contributed by atoms with Crippen LogP contribution in [0.4, 0.5) is 0 Å². The van der Waals surface area contributed by atoms with Crippen LogP contribution in [-0.4, -0.2) is 65.5 Å². The highest BCUT2D eigenvalue weighted by Crippen LogP contribution is 2.62. The van der Waals surface area contributed by atoms with Gasteiger partial charge in [-0.25, -0.2) is 4.79 Å². The molecule has 0 radical (unpaired) electrons. The number of hydrogen-bond donors (Lipinski definition) is 2. The molecule has 2 heterocycles. The van der Waals surface area contributed by atoms with Gasteiger partial charge in [-0.2, -0.15) is 0 Å². The molecule has 6 rings (SSSR count). The normalized spacial score (nSPS) is 28.4. The third-order valence-corrected chi connectivity index (χ3v) is 8.04. The van der Waals surface area contributed by atoms with Crippen molar-refractivity contribution in [2.45, 2.75) is 57.0 Å². The first-order chi connectivity index (χ1) is 17.8. The summed E-state index contributed by atoms with van der Waals surface area (Å²) < 4.78 is 18.0. The van der Waals surface area contributed by atoms with Gasteiger partial charge in [0.2, 0.25) is 0 Å². The molecule has 5 atom stereocenters. The molecule has 2 aliphatic heterocycles. The molecule has 2 N–H and O–H groups in total. The van der Waals surface area contributed by atoms with Crippen LogP contribution in [0.15, 0.2) is 48.6 Å². The molecule has 4 aliphatic rings. The van der Waals surface area contributed by atoms with Gasteiger partial charge in [0.25, 0.3) is 5.97 Å². The number of carboxylic acid groups (broad SMARTS) is 1. The summed E-state index contributed by atoms with van der Waals surface area (Å²) in [5.41, 5.74) is 3.86. The van der Waals surface area contributed by atoms with Crippen LogP contribution < -0.4 is 4.74 Å². The predicted molar refractivity (Wildman–Crippen MR) is 136 cm³/mol. The summed E-state index contributed by atoms with van der Waals surface area (Å²) in [5.74, 6) is 0.0798. The van der Waals surface area contributed by atoms with Crippen LogP contribution in [0.5, 0.6) is 11.5 Å². The molecule has 0 amide bonds. The summed E-state index contributed by atoms with van der Waals surface area (Å²) in [5, 5.41) is 18.0. The molecule has 0 saturated carbocycles. The number of phenolic OH excluding ortho intramolecular Hbond substituents is 1. The summed E-state index contributed by atoms with van der Waals surface area (Å²) >= 11 is 0. The number of benzene rings is 2. The maximum absolute atomic E-state index is 11.9. The van der Waals surface area contributed by atoms with E-state index in [9.17, 15) is 9.90 Å². The highest BCUT2D eigenvalue weighted by molar-refractivity contribution is 5.89. The van der Waals surface area contributed by atoms with Gasteiger partial charge in [-0.1, -0.05) is 30.4 Å². The molecular formula is C29H33NO7.